The highest BCUT2D eigenvalue weighted by Gasteiger charge is 2.23. The molecule has 0 aromatic rings. The molecule has 0 spiro atoms. The van der Waals surface area contributed by atoms with Crippen LogP contribution in [0.4, 0.5) is 4.79 Å². The van der Waals surface area contributed by atoms with Gasteiger partial charge in [-0.2, -0.15) is 9.98 Å². The summed E-state index contributed by atoms with van der Waals surface area (Å²) in [4.78, 5) is 24.9. The van der Waals surface area contributed by atoms with Gasteiger partial charge < -0.3 is 0 Å². The molecular weight excluding hydrogens is 168 g/mol. The summed E-state index contributed by atoms with van der Waals surface area (Å²) in [6.07, 6.45) is 1.28. The average molecular weight is 169 g/mol. The molecule has 0 fully saturated rings. The Morgan fingerprint density at radius 2 is 2.18 bits per heavy atom. The van der Waals surface area contributed by atoms with Crippen molar-refractivity contribution >= 4 is 40.7 Å². The zero-order valence-electron chi connectivity index (χ0n) is 5.15. The molecule has 0 aromatic carbocycles. The maximum atomic E-state index is 10.6. The number of hydrogen-bond acceptors (Lipinski definition) is 3. The number of amides is 2. The van der Waals surface area contributed by atoms with Crippen LogP contribution in [-0.4, -0.2) is 29.1 Å². The van der Waals surface area contributed by atoms with Crippen LogP contribution in [0.3, 0.4) is 0 Å². The van der Waals surface area contributed by atoms with Gasteiger partial charge in [0.05, 0.1) is 0 Å². The van der Waals surface area contributed by atoms with Crippen LogP contribution in [0.5, 0.6) is 0 Å². The van der Waals surface area contributed by atoms with Crippen molar-refractivity contribution in [1.82, 2.24) is 0 Å². The van der Waals surface area contributed by atoms with E-state index in [0.717, 1.165) is 0 Å². The van der Waals surface area contributed by atoms with Crippen molar-refractivity contribution in [2.45, 2.75) is 0 Å². The number of amidine groups is 1. The predicted molar refractivity (Wildman–Crippen MR) is 42.0 cm³/mol. The first kappa shape index (κ1) is 6.36. The van der Waals surface area contributed by atoms with E-state index in [1.807, 2.05) is 0 Å². The molecule has 0 atom stereocenters. The minimum absolute atomic E-state index is 0.0532. The van der Waals surface area contributed by atoms with Gasteiger partial charge in [0.25, 0.3) is 0 Å². The molecule has 54 valence electrons. The Bertz CT molecular complexity index is 351. The molecule has 2 heterocycles. The van der Waals surface area contributed by atoms with E-state index in [4.69, 9.17) is 11.6 Å². The quantitative estimate of drug-likeness (QED) is 0.523. The van der Waals surface area contributed by atoms with Crippen LogP contribution in [-0.2, 0) is 0 Å². The summed E-state index contributed by atoms with van der Waals surface area (Å²) in [6.45, 7) is 0. The fourth-order valence-corrected chi connectivity index (χ4v) is 0.946. The summed E-state index contributed by atoms with van der Waals surface area (Å²) in [6, 6.07) is -0.636. The van der Waals surface area contributed by atoms with Crippen LogP contribution < -0.4 is 0 Å². The molecule has 2 aliphatic heterocycles. The van der Waals surface area contributed by atoms with Crippen molar-refractivity contribution in [2.24, 2.45) is 20.0 Å². The third-order valence-electron chi connectivity index (χ3n) is 1.17. The summed E-state index contributed by atoms with van der Waals surface area (Å²) in [7, 11) is 0. The van der Waals surface area contributed by atoms with E-state index < -0.39 is 6.03 Å². The van der Waals surface area contributed by atoms with Crippen molar-refractivity contribution in [1.29, 1.82) is 0 Å². The zero-order valence-corrected chi connectivity index (χ0v) is 5.91. The van der Waals surface area contributed by atoms with Gasteiger partial charge in [-0.15, -0.1) is 0 Å². The number of urea groups is 1. The van der Waals surface area contributed by atoms with Crippen molar-refractivity contribution in [3.05, 3.63) is 0 Å². The molecule has 0 radical (unpaired) electrons. The van der Waals surface area contributed by atoms with Crippen LogP contribution in [0.25, 0.3) is 0 Å². The number of rotatable bonds is 0. The van der Waals surface area contributed by atoms with Gasteiger partial charge in [-0.3, -0.25) is 0 Å². The van der Waals surface area contributed by atoms with Gasteiger partial charge in [-0.1, -0.05) is 11.6 Å². The summed E-state index contributed by atoms with van der Waals surface area (Å²) in [5, 5.41) is 0.0532. The smallest absolute Gasteiger partial charge is 0.244 e. The van der Waals surface area contributed by atoms with E-state index >= 15 is 0 Å². The van der Waals surface area contributed by atoms with Crippen molar-refractivity contribution in [2.75, 3.05) is 0 Å². The maximum absolute atomic E-state index is 10.6. The van der Waals surface area contributed by atoms with Gasteiger partial charge in [-0.05, 0) is 0 Å². The van der Waals surface area contributed by atoms with Crippen molar-refractivity contribution < 1.29 is 4.79 Å². The number of fused-ring (bicyclic) bond motifs is 1. The number of carbonyl (C=O) groups excluding carboxylic acids is 1. The Balaban J connectivity index is 2.54. The molecule has 0 unspecified atom stereocenters. The van der Waals surface area contributed by atoms with Gasteiger partial charge in [0.2, 0.25) is 0 Å². The molecule has 0 saturated carbocycles. The molecule has 0 aromatic heterocycles. The predicted octanol–water partition coefficient (Wildman–Crippen LogP) is 0.639. The lowest BCUT2D eigenvalue weighted by atomic mass is 10.3. The van der Waals surface area contributed by atoms with E-state index in [-0.39, 0.29) is 11.0 Å². The molecule has 0 N–H and O–H groups in total. The van der Waals surface area contributed by atoms with E-state index in [1.54, 1.807) is 0 Å². The molecule has 6 heteroatoms. The lowest BCUT2D eigenvalue weighted by Crippen LogP contribution is -2.21. The van der Waals surface area contributed by atoms with Gasteiger partial charge >= 0.3 is 6.03 Å². The van der Waals surface area contributed by atoms with Crippen molar-refractivity contribution in [3.8, 4) is 0 Å². The van der Waals surface area contributed by atoms with E-state index in [9.17, 15) is 4.79 Å². The maximum Gasteiger partial charge on any atom is 0.370 e. The van der Waals surface area contributed by atoms with Gasteiger partial charge in [0, 0.05) is 0 Å². The van der Waals surface area contributed by atoms with E-state index in [1.165, 1.54) is 6.34 Å². The second-order valence-electron chi connectivity index (χ2n) is 1.84. The third-order valence-corrected chi connectivity index (χ3v) is 1.43. The SMILES string of the molecule is O=C1N=C(Cl)C2=NC=NC2=N1. The molecule has 2 amide bonds. The van der Waals surface area contributed by atoms with Crippen molar-refractivity contribution in [3.63, 3.8) is 0 Å². The topological polar surface area (TPSA) is 66.5 Å². The standard InChI is InChI=1S/C5HClN4O/c6-3-2-4(8-1-7-2)10-5(11)9-3/h1H. The second kappa shape index (κ2) is 2.06. The largest absolute Gasteiger partial charge is 0.370 e. The lowest BCUT2D eigenvalue weighted by molar-refractivity contribution is 0.257. The third kappa shape index (κ3) is 0.894. The molecule has 2 rings (SSSR count). The Labute approximate surface area is 66.2 Å². The molecule has 0 saturated heterocycles. The van der Waals surface area contributed by atoms with Gasteiger partial charge in [-0.25, -0.2) is 14.8 Å². The van der Waals surface area contributed by atoms with E-state index in [2.05, 4.69) is 20.0 Å². The summed E-state index contributed by atoms with van der Waals surface area (Å²) in [5.74, 6) is 0.245. The molecule has 5 nitrogen and oxygen atoms in total. The lowest BCUT2D eigenvalue weighted by Gasteiger charge is -2.00. The average Bonchev–Trinajstić information content (AvgIpc) is 2.34. The number of nitrogens with zero attached hydrogens (tertiary/aromatic N) is 4. The fourth-order valence-electron chi connectivity index (χ4n) is 0.740. The first-order chi connectivity index (χ1) is 5.27. The number of hydrogen-bond donors (Lipinski definition) is 0. The fraction of sp³-hybridized carbons (Fsp3) is 0. The molecule has 0 bridgehead atoms. The van der Waals surface area contributed by atoms with Gasteiger partial charge in [0.1, 0.15) is 12.1 Å². The van der Waals surface area contributed by atoms with Gasteiger partial charge in [0.15, 0.2) is 11.0 Å². The molecular formula is C5HClN4O. The highest BCUT2D eigenvalue weighted by atomic mass is 35.5. The highest BCUT2D eigenvalue weighted by Crippen LogP contribution is 2.07. The molecule has 0 aliphatic carbocycles. The van der Waals surface area contributed by atoms with Crippen LogP contribution in [0.2, 0.25) is 0 Å². The Kier molecular flexibility index (Phi) is 1.19. The second-order valence-corrected chi connectivity index (χ2v) is 2.20. The zero-order chi connectivity index (χ0) is 7.84. The first-order valence-corrected chi connectivity index (χ1v) is 3.13. The molecule has 11 heavy (non-hydrogen) atoms. The summed E-state index contributed by atoms with van der Waals surface area (Å²) < 4.78 is 0. The van der Waals surface area contributed by atoms with Crippen LogP contribution >= 0.6 is 11.6 Å². The first-order valence-electron chi connectivity index (χ1n) is 2.75. The molecule has 2 aliphatic rings. The van der Waals surface area contributed by atoms with Crippen LogP contribution in [0.1, 0.15) is 0 Å². The van der Waals surface area contributed by atoms with Crippen LogP contribution in [0, 0.1) is 0 Å². The highest BCUT2D eigenvalue weighted by molar-refractivity contribution is 6.94. The monoisotopic (exact) mass is 168 g/mol. The normalized spacial score (nSPS) is 20.8. The Morgan fingerprint density at radius 1 is 1.36 bits per heavy atom. The minimum atomic E-state index is -0.636. The van der Waals surface area contributed by atoms with Crippen LogP contribution in [0.15, 0.2) is 20.0 Å². The number of carbonyl (C=O) groups is 1. The summed E-state index contributed by atoms with van der Waals surface area (Å²) in [5.41, 5.74) is 0.367. The Hall–Kier alpha value is -1.36. The number of halogens is 1. The summed E-state index contributed by atoms with van der Waals surface area (Å²) >= 11 is 5.55. The Morgan fingerprint density at radius 3 is 3.00 bits per heavy atom. The minimum Gasteiger partial charge on any atom is -0.244 e. The van der Waals surface area contributed by atoms with E-state index in [0.29, 0.717) is 5.71 Å². The number of aliphatic imine (C=N–C) groups is 4.